The quantitative estimate of drug-likeness (QED) is 0.800. The van der Waals surface area contributed by atoms with E-state index < -0.39 is 5.76 Å². The van der Waals surface area contributed by atoms with Gasteiger partial charge < -0.3 is 0 Å². The van der Waals surface area contributed by atoms with Crippen molar-refractivity contribution in [3.8, 4) is 0 Å². The fraction of sp³-hybridized carbons (Fsp3) is 0.333. The summed E-state index contributed by atoms with van der Waals surface area (Å²) < 4.78 is 26.3. The second-order valence-corrected chi connectivity index (χ2v) is 5.06. The van der Waals surface area contributed by atoms with E-state index in [1.165, 1.54) is 0 Å². The summed E-state index contributed by atoms with van der Waals surface area (Å²) in [4.78, 5) is 4.14. The smallest absolute Gasteiger partial charge is 0.241 e. The van der Waals surface area contributed by atoms with Gasteiger partial charge in [0.25, 0.3) is 5.76 Å². The van der Waals surface area contributed by atoms with Crippen molar-refractivity contribution in [2.24, 2.45) is 0 Å². The lowest BCUT2D eigenvalue weighted by Crippen LogP contribution is -2.07. The molecule has 1 aliphatic heterocycles. The molecule has 0 spiro atoms. The van der Waals surface area contributed by atoms with Gasteiger partial charge in [-0.2, -0.15) is 8.78 Å². The van der Waals surface area contributed by atoms with Crippen LogP contribution in [0.4, 0.5) is 8.78 Å². The number of halogens is 2. The highest BCUT2D eigenvalue weighted by Crippen LogP contribution is 2.32. The number of aryl methyl sites for hydroxylation is 1. The Hall–Kier alpha value is -1.43. The SMILES string of the molecule is FC(F)Sc1nc2n(n1)C(c1ccccc1)CC2. The van der Waals surface area contributed by atoms with Crippen molar-refractivity contribution in [3.05, 3.63) is 41.7 Å². The van der Waals surface area contributed by atoms with Crippen LogP contribution in [0.25, 0.3) is 0 Å². The van der Waals surface area contributed by atoms with Gasteiger partial charge in [-0.3, -0.25) is 0 Å². The molecule has 0 amide bonds. The topological polar surface area (TPSA) is 30.7 Å². The second-order valence-electron chi connectivity index (χ2n) is 4.10. The van der Waals surface area contributed by atoms with Gasteiger partial charge in [-0.05, 0) is 23.7 Å². The molecule has 1 aromatic heterocycles. The summed E-state index contributed by atoms with van der Waals surface area (Å²) >= 11 is 0.404. The maximum atomic E-state index is 12.3. The van der Waals surface area contributed by atoms with Crippen molar-refractivity contribution in [2.75, 3.05) is 0 Å². The lowest BCUT2D eigenvalue weighted by molar-refractivity contribution is 0.251. The molecule has 18 heavy (non-hydrogen) atoms. The standard InChI is InChI=1S/C12H11F2N3S/c13-11(14)18-12-15-10-7-6-9(17(10)16-12)8-4-2-1-3-5-8/h1-5,9,11H,6-7H2. The Morgan fingerprint density at radius 1 is 1.28 bits per heavy atom. The van der Waals surface area contributed by atoms with E-state index in [0.29, 0.717) is 11.8 Å². The average Bonchev–Trinajstić information content (AvgIpc) is 2.88. The van der Waals surface area contributed by atoms with Crippen molar-refractivity contribution in [1.82, 2.24) is 14.8 Å². The zero-order valence-electron chi connectivity index (χ0n) is 9.46. The zero-order valence-corrected chi connectivity index (χ0v) is 10.3. The zero-order chi connectivity index (χ0) is 12.5. The molecule has 1 aliphatic rings. The molecular weight excluding hydrogens is 256 g/mol. The van der Waals surface area contributed by atoms with E-state index in [0.717, 1.165) is 24.2 Å². The fourth-order valence-corrected chi connectivity index (χ4v) is 2.71. The molecule has 0 saturated carbocycles. The minimum absolute atomic E-state index is 0.126. The van der Waals surface area contributed by atoms with Gasteiger partial charge in [0.15, 0.2) is 0 Å². The number of thioether (sulfide) groups is 1. The van der Waals surface area contributed by atoms with Crippen LogP contribution in [-0.4, -0.2) is 20.5 Å². The van der Waals surface area contributed by atoms with E-state index in [2.05, 4.69) is 10.1 Å². The van der Waals surface area contributed by atoms with Gasteiger partial charge in [0.05, 0.1) is 6.04 Å². The number of rotatable bonds is 3. The summed E-state index contributed by atoms with van der Waals surface area (Å²) in [5.41, 5.74) is 1.15. The van der Waals surface area contributed by atoms with Crippen LogP contribution in [0.2, 0.25) is 0 Å². The van der Waals surface area contributed by atoms with Crippen molar-refractivity contribution >= 4 is 11.8 Å². The first-order chi connectivity index (χ1) is 8.74. The Balaban J connectivity index is 1.89. The van der Waals surface area contributed by atoms with Crippen molar-refractivity contribution < 1.29 is 8.78 Å². The first kappa shape index (κ1) is 11.6. The molecule has 0 N–H and O–H groups in total. The van der Waals surface area contributed by atoms with Gasteiger partial charge in [-0.1, -0.05) is 30.3 Å². The van der Waals surface area contributed by atoms with Gasteiger partial charge in [-0.15, -0.1) is 5.10 Å². The highest BCUT2D eigenvalue weighted by atomic mass is 32.2. The first-order valence-corrected chi connectivity index (χ1v) is 6.57. The largest absolute Gasteiger partial charge is 0.291 e. The molecule has 1 aromatic carbocycles. The maximum absolute atomic E-state index is 12.3. The van der Waals surface area contributed by atoms with E-state index in [1.54, 1.807) is 4.68 Å². The van der Waals surface area contributed by atoms with E-state index in [4.69, 9.17) is 0 Å². The number of benzene rings is 1. The molecule has 3 nitrogen and oxygen atoms in total. The summed E-state index contributed by atoms with van der Waals surface area (Å²) in [6.45, 7) is 0. The van der Waals surface area contributed by atoms with Gasteiger partial charge in [-0.25, -0.2) is 9.67 Å². The lowest BCUT2D eigenvalue weighted by Gasteiger charge is -2.11. The molecule has 0 fully saturated rings. The van der Waals surface area contributed by atoms with E-state index in [9.17, 15) is 8.78 Å². The van der Waals surface area contributed by atoms with Crippen LogP contribution in [0.1, 0.15) is 23.9 Å². The van der Waals surface area contributed by atoms with Crippen molar-refractivity contribution in [2.45, 2.75) is 29.8 Å². The number of fused-ring (bicyclic) bond motifs is 1. The predicted molar refractivity (Wildman–Crippen MR) is 64.8 cm³/mol. The Morgan fingerprint density at radius 2 is 2.06 bits per heavy atom. The summed E-state index contributed by atoms with van der Waals surface area (Å²) in [6.07, 6.45) is 1.72. The van der Waals surface area contributed by atoms with Crippen LogP contribution in [0.15, 0.2) is 35.5 Å². The third-order valence-electron chi connectivity index (χ3n) is 3.00. The molecule has 1 atom stereocenters. The van der Waals surface area contributed by atoms with Gasteiger partial charge in [0.1, 0.15) is 5.82 Å². The van der Waals surface area contributed by atoms with Crippen LogP contribution in [0.3, 0.4) is 0 Å². The Labute approximate surface area is 107 Å². The molecule has 3 rings (SSSR count). The molecule has 0 radical (unpaired) electrons. The predicted octanol–water partition coefficient (Wildman–Crippen LogP) is 3.13. The average molecular weight is 267 g/mol. The minimum Gasteiger partial charge on any atom is -0.241 e. The minimum atomic E-state index is -2.47. The van der Waals surface area contributed by atoms with Gasteiger partial charge >= 0.3 is 0 Å². The molecule has 0 saturated heterocycles. The molecule has 2 heterocycles. The van der Waals surface area contributed by atoms with Crippen LogP contribution < -0.4 is 0 Å². The Morgan fingerprint density at radius 3 is 2.78 bits per heavy atom. The third kappa shape index (κ3) is 2.12. The first-order valence-electron chi connectivity index (χ1n) is 5.69. The third-order valence-corrected chi connectivity index (χ3v) is 3.56. The molecule has 6 heteroatoms. The molecule has 2 aromatic rings. The number of hydrogen-bond acceptors (Lipinski definition) is 3. The van der Waals surface area contributed by atoms with Crippen molar-refractivity contribution in [3.63, 3.8) is 0 Å². The summed E-state index contributed by atoms with van der Waals surface area (Å²) in [5, 5.41) is 4.34. The van der Waals surface area contributed by atoms with E-state index in [1.807, 2.05) is 30.3 Å². The Bertz CT molecular complexity index is 542. The molecule has 94 valence electrons. The molecule has 0 aliphatic carbocycles. The highest BCUT2D eigenvalue weighted by Gasteiger charge is 2.27. The molecular formula is C12H11F2N3S. The number of aromatic nitrogens is 3. The number of hydrogen-bond donors (Lipinski definition) is 0. The summed E-state index contributed by atoms with van der Waals surface area (Å²) in [5.74, 6) is -1.67. The molecule has 0 bridgehead atoms. The Kier molecular flexibility index (Phi) is 3.03. The van der Waals surface area contributed by atoms with E-state index in [-0.39, 0.29) is 11.2 Å². The van der Waals surface area contributed by atoms with Crippen LogP contribution in [-0.2, 0) is 6.42 Å². The van der Waals surface area contributed by atoms with Crippen LogP contribution in [0.5, 0.6) is 0 Å². The molecule has 1 unspecified atom stereocenters. The number of nitrogens with zero attached hydrogens (tertiary/aromatic N) is 3. The highest BCUT2D eigenvalue weighted by molar-refractivity contribution is 7.99. The van der Waals surface area contributed by atoms with Gasteiger partial charge in [0.2, 0.25) is 5.16 Å². The van der Waals surface area contributed by atoms with E-state index >= 15 is 0 Å². The summed E-state index contributed by atoms with van der Waals surface area (Å²) in [6, 6.07) is 10.1. The normalized spacial score (nSPS) is 18.3. The van der Waals surface area contributed by atoms with Crippen molar-refractivity contribution in [1.29, 1.82) is 0 Å². The summed E-state index contributed by atoms with van der Waals surface area (Å²) in [7, 11) is 0. The second kappa shape index (κ2) is 4.68. The van der Waals surface area contributed by atoms with Crippen LogP contribution >= 0.6 is 11.8 Å². The fourth-order valence-electron chi connectivity index (χ4n) is 2.25. The van der Waals surface area contributed by atoms with Crippen LogP contribution in [0, 0.1) is 0 Å². The maximum Gasteiger partial charge on any atom is 0.291 e. The lowest BCUT2D eigenvalue weighted by atomic mass is 10.1. The van der Waals surface area contributed by atoms with Gasteiger partial charge in [0, 0.05) is 6.42 Å². The monoisotopic (exact) mass is 267 g/mol. The number of alkyl halides is 2.